The summed E-state index contributed by atoms with van der Waals surface area (Å²) in [5.41, 5.74) is 0. The molecule has 0 aromatic heterocycles. The zero-order valence-corrected chi connectivity index (χ0v) is 15.6. The van der Waals surface area contributed by atoms with Gasteiger partial charge in [-0.05, 0) is 38.2 Å². The Kier molecular flexibility index (Phi) is 14.9. The number of rotatable bonds is 14. The standard InChI is InChI=1S/C22H32O4/c1-2-3-16-19-22(25,26)20-17-14-12-10-8-6-4-5-7-9-11-13-15-18-21(23)24/h3,5,7-8,10-14,16-17,20,25-26H,2,4,6,9,15,18-19H2,1H3,(H,23,24)/b7-5+,10-8+,13-11+,14-12+,16-3+,20-17+. The van der Waals surface area contributed by atoms with Crippen LogP contribution in [0, 0.1) is 0 Å². The molecule has 0 unspecified atom stereocenters. The highest BCUT2D eigenvalue weighted by atomic mass is 16.5. The van der Waals surface area contributed by atoms with Crippen molar-refractivity contribution in [2.75, 3.05) is 0 Å². The lowest BCUT2D eigenvalue weighted by molar-refractivity contribution is -0.136. The van der Waals surface area contributed by atoms with E-state index in [1.54, 1.807) is 18.2 Å². The third-order valence-electron chi connectivity index (χ3n) is 3.28. The van der Waals surface area contributed by atoms with Crippen LogP contribution in [0.15, 0.2) is 72.9 Å². The minimum Gasteiger partial charge on any atom is -0.481 e. The molecule has 0 aromatic rings. The predicted molar refractivity (Wildman–Crippen MR) is 108 cm³/mol. The van der Waals surface area contributed by atoms with Crippen molar-refractivity contribution in [1.82, 2.24) is 0 Å². The van der Waals surface area contributed by atoms with E-state index in [1.165, 1.54) is 6.08 Å². The number of aliphatic carboxylic acids is 1. The fourth-order valence-electron chi connectivity index (χ4n) is 1.91. The molecule has 0 rings (SSSR count). The number of aliphatic hydroxyl groups is 2. The Morgan fingerprint density at radius 3 is 2.15 bits per heavy atom. The third kappa shape index (κ3) is 18.2. The second-order valence-electron chi connectivity index (χ2n) is 5.82. The van der Waals surface area contributed by atoms with Gasteiger partial charge in [-0.25, -0.2) is 0 Å². The maximum Gasteiger partial charge on any atom is 0.303 e. The fraction of sp³-hybridized carbons (Fsp3) is 0.409. The smallest absolute Gasteiger partial charge is 0.303 e. The molecule has 0 radical (unpaired) electrons. The molecule has 26 heavy (non-hydrogen) atoms. The Labute approximate surface area is 157 Å². The van der Waals surface area contributed by atoms with Crippen LogP contribution >= 0.6 is 0 Å². The molecular weight excluding hydrogens is 328 g/mol. The normalized spacial score (nSPS) is 13.7. The van der Waals surface area contributed by atoms with Gasteiger partial charge in [-0.15, -0.1) is 0 Å². The van der Waals surface area contributed by atoms with Gasteiger partial charge in [0.05, 0.1) is 0 Å². The first-order valence-electron chi connectivity index (χ1n) is 9.10. The van der Waals surface area contributed by atoms with Crippen molar-refractivity contribution >= 4 is 5.97 Å². The van der Waals surface area contributed by atoms with Crippen molar-refractivity contribution in [1.29, 1.82) is 0 Å². The molecule has 0 atom stereocenters. The van der Waals surface area contributed by atoms with Crippen LogP contribution in [0.1, 0.15) is 51.9 Å². The summed E-state index contributed by atoms with van der Waals surface area (Å²) in [6.07, 6.45) is 26.8. The molecule has 0 aliphatic carbocycles. The van der Waals surface area contributed by atoms with Crippen LogP contribution in [0.2, 0.25) is 0 Å². The predicted octanol–water partition coefficient (Wildman–Crippen LogP) is 4.84. The van der Waals surface area contributed by atoms with Gasteiger partial charge >= 0.3 is 5.97 Å². The minimum absolute atomic E-state index is 0.182. The van der Waals surface area contributed by atoms with E-state index in [4.69, 9.17) is 5.11 Å². The van der Waals surface area contributed by atoms with E-state index in [2.05, 4.69) is 12.2 Å². The second-order valence-corrected chi connectivity index (χ2v) is 5.82. The molecular formula is C22H32O4. The van der Waals surface area contributed by atoms with Gasteiger partial charge < -0.3 is 15.3 Å². The second kappa shape index (κ2) is 16.3. The zero-order valence-electron chi connectivity index (χ0n) is 15.6. The maximum atomic E-state index is 10.3. The van der Waals surface area contributed by atoms with Gasteiger partial charge in [0, 0.05) is 12.8 Å². The van der Waals surface area contributed by atoms with Gasteiger partial charge in [-0.1, -0.05) is 73.8 Å². The van der Waals surface area contributed by atoms with Gasteiger partial charge in [-0.2, -0.15) is 0 Å². The lowest BCUT2D eigenvalue weighted by Crippen LogP contribution is -2.23. The van der Waals surface area contributed by atoms with Crippen LogP contribution in [-0.2, 0) is 4.79 Å². The summed E-state index contributed by atoms with van der Waals surface area (Å²) in [6.45, 7) is 2.00. The van der Waals surface area contributed by atoms with Gasteiger partial charge in [0.2, 0.25) is 0 Å². The van der Waals surface area contributed by atoms with Crippen LogP contribution in [0.4, 0.5) is 0 Å². The molecule has 0 bridgehead atoms. The first-order valence-corrected chi connectivity index (χ1v) is 9.10. The number of allylic oxidation sites excluding steroid dienone is 10. The van der Waals surface area contributed by atoms with E-state index in [0.29, 0.717) is 6.42 Å². The van der Waals surface area contributed by atoms with Gasteiger partial charge in [0.1, 0.15) is 0 Å². The summed E-state index contributed by atoms with van der Waals surface area (Å²) in [6, 6.07) is 0. The van der Waals surface area contributed by atoms with Crippen molar-refractivity contribution in [3.63, 3.8) is 0 Å². The van der Waals surface area contributed by atoms with E-state index >= 15 is 0 Å². The number of hydrogen-bond donors (Lipinski definition) is 3. The van der Waals surface area contributed by atoms with Crippen LogP contribution in [0.25, 0.3) is 0 Å². The summed E-state index contributed by atoms with van der Waals surface area (Å²) < 4.78 is 0. The molecule has 0 aromatic carbocycles. The number of unbranched alkanes of at least 4 members (excludes halogenated alkanes) is 1. The summed E-state index contributed by atoms with van der Waals surface area (Å²) in [5.74, 6) is -2.57. The van der Waals surface area contributed by atoms with Crippen LogP contribution in [0.5, 0.6) is 0 Å². The van der Waals surface area contributed by atoms with E-state index < -0.39 is 11.8 Å². The first-order chi connectivity index (χ1) is 12.5. The topological polar surface area (TPSA) is 77.8 Å². The lowest BCUT2D eigenvalue weighted by Gasteiger charge is -2.14. The molecule has 0 amide bonds. The Morgan fingerprint density at radius 1 is 0.808 bits per heavy atom. The largest absolute Gasteiger partial charge is 0.481 e. The molecule has 0 saturated heterocycles. The average molecular weight is 360 g/mol. The van der Waals surface area contributed by atoms with Gasteiger partial charge in [0.25, 0.3) is 0 Å². The van der Waals surface area contributed by atoms with E-state index in [-0.39, 0.29) is 12.8 Å². The third-order valence-corrected chi connectivity index (χ3v) is 3.28. The molecule has 144 valence electrons. The molecule has 4 heteroatoms. The molecule has 0 fully saturated rings. The van der Waals surface area contributed by atoms with Crippen molar-refractivity contribution < 1.29 is 20.1 Å². The molecule has 0 saturated carbocycles. The van der Waals surface area contributed by atoms with Crippen molar-refractivity contribution in [2.45, 2.75) is 57.7 Å². The Bertz CT molecular complexity index is 534. The summed E-state index contributed by atoms with van der Waals surface area (Å²) in [7, 11) is 0. The SMILES string of the molecule is CC/C=C/CC(O)(O)/C=C/C=C/C=C/CC/C=C/C/C=C/CCC(=O)O. The molecule has 0 heterocycles. The Balaban J connectivity index is 3.81. The highest BCUT2D eigenvalue weighted by molar-refractivity contribution is 5.66. The number of hydrogen-bond acceptors (Lipinski definition) is 3. The average Bonchev–Trinajstić information content (AvgIpc) is 2.58. The van der Waals surface area contributed by atoms with Gasteiger partial charge in [0.15, 0.2) is 5.79 Å². The molecule has 0 spiro atoms. The molecule has 0 aliphatic heterocycles. The highest BCUT2D eigenvalue weighted by Gasteiger charge is 2.15. The molecule has 0 aliphatic rings. The quantitative estimate of drug-likeness (QED) is 0.179. The maximum absolute atomic E-state index is 10.3. The first kappa shape index (κ1) is 23.8. The van der Waals surface area contributed by atoms with Crippen molar-refractivity contribution in [2.24, 2.45) is 0 Å². The van der Waals surface area contributed by atoms with Crippen molar-refractivity contribution in [3.8, 4) is 0 Å². The minimum atomic E-state index is -1.80. The number of carboxylic acids is 1. The van der Waals surface area contributed by atoms with E-state index in [0.717, 1.165) is 25.7 Å². The number of carbonyl (C=O) groups is 1. The summed E-state index contributed by atoms with van der Waals surface area (Å²) >= 11 is 0. The van der Waals surface area contributed by atoms with Gasteiger partial charge in [-0.3, -0.25) is 4.79 Å². The monoisotopic (exact) mass is 360 g/mol. The van der Waals surface area contributed by atoms with Crippen LogP contribution in [-0.4, -0.2) is 27.1 Å². The lowest BCUT2D eigenvalue weighted by atomic mass is 10.1. The Morgan fingerprint density at radius 2 is 1.46 bits per heavy atom. The van der Waals surface area contributed by atoms with Crippen LogP contribution < -0.4 is 0 Å². The molecule has 3 N–H and O–H groups in total. The highest BCUT2D eigenvalue weighted by Crippen LogP contribution is 2.09. The van der Waals surface area contributed by atoms with Crippen molar-refractivity contribution in [3.05, 3.63) is 72.9 Å². The summed E-state index contributed by atoms with van der Waals surface area (Å²) in [5, 5.41) is 27.9. The van der Waals surface area contributed by atoms with E-state index in [1.807, 2.05) is 43.4 Å². The zero-order chi connectivity index (χ0) is 19.5. The number of carboxylic acid groups (broad SMARTS) is 1. The summed E-state index contributed by atoms with van der Waals surface area (Å²) in [4.78, 5) is 10.3. The fourth-order valence-corrected chi connectivity index (χ4v) is 1.91. The molecule has 4 nitrogen and oxygen atoms in total. The van der Waals surface area contributed by atoms with E-state index in [9.17, 15) is 15.0 Å². The Hall–Kier alpha value is -2.17. The van der Waals surface area contributed by atoms with Crippen LogP contribution in [0.3, 0.4) is 0 Å².